The summed E-state index contributed by atoms with van der Waals surface area (Å²) in [6.45, 7) is 2.40. The fraction of sp³-hybridized carbons (Fsp3) is 0.364. The Hall–Kier alpha value is -0.860. The van der Waals surface area contributed by atoms with Crippen LogP contribution in [0.4, 0.5) is 0 Å². The van der Waals surface area contributed by atoms with Gasteiger partial charge in [-0.15, -0.1) is 0 Å². The van der Waals surface area contributed by atoms with Crippen molar-refractivity contribution in [1.82, 2.24) is 0 Å². The Morgan fingerprint density at radius 1 is 1.50 bits per heavy atom. The van der Waals surface area contributed by atoms with Gasteiger partial charge in [-0.2, -0.15) is 0 Å². The molecule has 0 aliphatic rings. The second-order valence-electron chi connectivity index (χ2n) is 3.12. The predicted octanol–water partition coefficient (Wildman–Crippen LogP) is 2.43. The lowest BCUT2D eigenvalue weighted by Crippen LogP contribution is -2.10. The van der Waals surface area contributed by atoms with Crippen molar-refractivity contribution in [2.45, 2.75) is 19.8 Å². The Morgan fingerprint density at radius 3 is 2.79 bits per heavy atom. The van der Waals surface area contributed by atoms with Crippen molar-refractivity contribution in [3.8, 4) is 0 Å². The predicted molar refractivity (Wildman–Crippen MR) is 58.8 cm³/mol. The van der Waals surface area contributed by atoms with Crippen molar-refractivity contribution >= 4 is 17.4 Å². The van der Waals surface area contributed by atoms with E-state index in [2.05, 4.69) is 0 Å². The molecule has 1 rings (SSSR count). The first-order chi connectivity index (χ1) is 6.69. The summed E-state index contributed by atoms with van der Waals surface area (Å²) >= 11 is 5.83. The molecule has 2 N–H and O–H groups in total. The maximum absolute atomic E-state index is 11.6. The zero-order valence-corrected chi connectivity index (χ0v) is 8.97. The molecule has 1 aromatic rings. The average Bonchev–Trinajstić information content (AvgIpc) is 2.18. The van der Waals surface area contributed by atoms with E-state index >= 15 is 0 Å². The Morgan fingerprint density at radius 2 is 2.21 bits per heavy atom. The zero-order chi connectivity index (χ0) is 10.6. The molecule has 2 nitrogen and oxygen atoms in total. The monoisotopic (exact) mass is 211 g/mol. The van der Waals surface area contributed by atoms with Gasteiger partial charge in [0.05, 0.1) is 0 Å². The van der Waals surface area contributed by atoms with E-state index in [4.69, 9.17) is 17.3 Å². The number of rotatable bonds is 4. The molecule has 0 atom stereocenters. The van der Waals surface area contributed by atoms with E-state index in [0.717, 1.165) is 12.0 Å². The van der Waals surface area contributed by atoms with Crippen LogP contribution in [0.15, 0.2) is 18.2 Å². The molecule has 0 aliphatic heterocycles. The largest absolute Gasteiger partial charge is 0.330 e. The number of nitrogens with two attached hydrogens (primary N) is 1. The number of carbonyl (C=O) groups is 1. The smallest absolute Gasteiger partial charge is 0.164 e. The summed E-state index contributed by atoms with van der Waals surface area (Å²) in [5.41, 5.74) is 7.09. The molecule has 3 heteroatoms. The number of ketones is 1. The van der Waals surface area contributed by atoms with Gasteiger partial charge in [0.2, 0.25) is 0 Å². The van der Waals surface area contributed by atoms with Gasteiger partial charge in [0.25, 0.3) is 0 Å². The first kappa shape index (κ1) is 11.2. The van der Waals surface area contributed by atoms with Gasteiger partial charge in [0, 0.05) is 17.0 Å². The average molecular weight is 212 g/mol. The van der Waals surface area contributed by atoms with Crippen molar-refractivity contribution in [1.29, 1.82) is 0 Å². The van der Waals surface area contributed by atoms with Crippen LogP contribution < -0.4 is 5.73 Å². The highest BCUT2D eigenvalue weighted by Crippen LogP contribution is 2.18. The number of hydrogen-bond donors (Lipinski definition) is 1. The highest BCUT2D eigenvalue weighted by Gasteiger charge is 2.09. The lowest BCUT2D eigenvalue weighted by atomic mass is 10.00. The molecular weight excluding hydrogens is 198 g/mol. The molecule has 0 unspecified atom stereocenters. The molecule has 0 spiro atoms. The van der Waals surface area contributed by atoms with Crippen molar-refractivity contribution in [3.63, 3.8) is 0 Å². The van der Waals surface area contributed by atoms with E-state index in [1.807, 2.05) is 13.0 Å². The second kappa shape index (κ2) is 5.13. The highest BCUT2D eigenvalue weighted by atomic mass is 35.5. The third-order valence-electron chi connectivity index (χ3n) is 2.12. The number of Topliss-reactive ketones (excluding diaryl/α,β-unsaturated/α-hetero) is 1. The summed E-state index contributed by atoms with van der Waals surface area (Å²) in [5.74, 6) is 0.0758. The Labute approximate surface area is 89.1 Å². The minimum Gasteiger partial charge on any atom is -0.330 e. The highest BCUT2D eigenvalue weighted by molar-refractivity contribution is 6.31. The minimum absolute atomic E-state index is 0.0758. The standard InChI is InChI=1S/C11H14ClNO/c1-2-8-3-4-9(12)7-10(8)11(14)5-6-13/h3-4,7H,2,5-6,13H2,1H3. The molecule has 0 saturated carbocycles. The van der Waals surface area contributed by atoms with Crippen molar-refractivity contribution in [2.24, 2.45) is 5.73 Å². The quantitative estimate of drug-likeness (QED) is 0.778. The van der Waals surface area contributed by atoms with Crippen LogP contribution in [-0.2, 0) is 6.42 Å². The number of benzene rings is 1. The molecule has 0 saturated heterocycles. The summed E-state index contributed by atoms with van der Waals surface area (Å²) in [7, 11) is 0. The lowest BCUT2D eigenvalue weighted by molar-refractivity contribution is 0.0984. The summed E-state index contributed by atoms with van der Waals surface area (Å²) in [6.07, 6.45) is 1.22. The van der Waals surface area contributed by atoms with E-state index < -0.39 is 0 Å². The minimum atomic E-state index is 0.0758. The summed E-state index contributed by atoms with van der Waals surface area (Å²) in [4.78, 5) is 11.6. The molecule has 0 bridgehead atoms. The van der Waals surface area contributed by atoms with Gasteiger partial charge in [-0.1, -0.05) is 24.6 Å². The van der Waals surface area contributed by atoms with E-state index in [9.17, 15) is 4.79 Å². The molecule has 0 aromatic heterocycles. The summed E-state index contributed by atoms with van der Waals surface area (Å²) in [6, 6.07) is 5.42. The van der Waals surface area contributed by atoms with E-state index in [1.54, 1.807) is 12.1 Å². The van der Waals surface area contributed by atoms with Gasteiger partial charge in [-0.3, -0.25) is 4.79 Å². The van der Waals surface area contributed by atoms with E-state index in [1.165, 1.54) is 0 Å². The first-order valence-electron chi connectivity index (χ1n) is 4.70. The van der Waals surface area contributed by atoms with Crippen LogP contribution >= 0.6 is 11.6 Å². The Bertz CT molecular complexity index is 336. The third-order valence-corrected chi connectivity index (χ3v) is 2.36. The van der Waals surface area contributed by atoms with Gasteiger partial charge in [0.1, 0.15) is 0 Å². The molecule has 76 valence electrons. The van der Waals surface area contributed by atoms with Crippen LogP contribution in [0.3, 0.4) is 0 Å². The van der Waals surface area contributed by atoms with Crippen LogP contribution in [0, 0.1) is 0 Å². The van der Waals surface area contributed by atoms with Gasteiger partial charge in [-0.05, 0) is 30.7 Å². The number of carbonyl (C=O) groups excluding carboxylic acids is 1. The van der Waals surface area contributed by atoms with Gasteiger partial charge >= 0.3 is 0 Å². The fourth-order valence-electron chi connectivity index (χ4n) is 1.38. The Kier molecular flexibility index (Phi) is 4.11. The third kappa shape index (κ3) is 2.56. The molecule has 0 radical (unpaired) electrons. The Balaban J connectivity index is 3.03. The number of halogens is 1. The van der Waals surface area contributed by atoms with Crippen LogP contribution in [0.2, 0.25) is 5.02 Å². The normalized spacial score (nSPS) is 10.2. The number of aryl methyl sites for hydroxylation is 1. The van der Waals surface area contributed by atoms with Crippen molar-refractivity contribution in [3.05, 3.63) is 34.3 Å². The molecular formula is C11H14ClNO. The van der Waals surface area contributed by atoms with E-state index in [0.29, 0.717) is 23.6 Å². The lowest BCUT2D eigenvalue weighted by Gasteiger charge is -2.06. The van der Waals surface area contributed by atoms with Gasteiger partial charge < -0.3 is 5.73 Å². The summed E-state index contributed by atoms with van der Waals surface area (Å²) in [5, 5.41) is 0.600. The van der Waals surface area contributed by atoms with Crippen molar-refractivity contribution < 1.29 is 4.79 Å². The fourth-order valence-corrected chi connectivity index (χ4v) is 1.55. The van der Waals surface area contributed by atoms with Crippen LogP contribution in [0.25, 0.3) is 0 Å². The maximum atomic E-state index is 11.6. The second-order valence-corrected chi connectivity index (χ2v) is 3.55. The topological polar surface area (TPSA) is 43.1 Å². The van der Waals surface area contributed by atoms with Crippen molar-refractivity contribution in [2.75, 3.05) is 6.54 Å². The van der Waals surface area contributed by atoms with E-state index in [-0.39, 0.29) is 5.78 Å². The SMILES string of the molecule is CCc1ccc(Cl)cc1C(=O)CCN. The maximum Gasteiger partial charge on any atom is 0.164 e. The molecule has 0 aliphatic carbocycles. The molecule has 14 heavy (non-hydrogen) atoms. The molecule has 0 amide bonds. The van der Waals surface area contributed by atoms with Crippen LogP contribution in [-0.4, -0.2) is 12.3 Å². The van der Waals surface area contributed by atoms with Gasteiger partial charge in [-0.25, -0.2) is 0 Å². The zero-order valence-electron chi connectivity index (χ0n) is 8.22. The first-order valence-corrected chi connectivity index (χ1v) is 5.08. The molecule has 0 heterocycles. The molecule has 0 fully saturated rings. The van der Waals surface area contributed by atoms with Crippen LogP contribution in [0.5, 0.6) is 0 Å². The van der Waals surface area contributed by atoms with Gasteiger partial charge in [0.15, 0.2) is 5.78 Å². The summed E-state index contributed by atoms with van der Waals surface area (Å²) < 4.78 is 0. The molecule has 1 aromatic carbocycles. The van der Waals surface area contributed by atoms with Crippen LogP contribution in [0.1, 0.15) is 29.3 Å². The number of hydrogen-bond acceptors (Lipinski definition) is 2.